The van der Waals surface area contributed by atoms with Crippen molar-refractivity contribution in [2.24, 2.45) is 5.92 Å². The minimum absolute atomic E-state index is 0.0362. The van der Waals surface area contributed by atoms with Crippen LogP contribution >= 0.6 is 0 Å². The predicted molar refractivity (Wildman–Crippen MR) is 107 cm³/mol. The third-order valence-electron chi connectivity index (χ3n) is 5.10. The smallest absolute Gasteiger partial charge is 0.338 e. The molecule has 1 aliphatic heterocycles. The number of sulfonamides is 1. The summed E-state index contributed by atoms with van der Waals surface area (Å²) in [5.74, 6) is -0.830. The van der Waals surface area contributed by atoms with Gasteiger partial charge in [-0.05, 0) is 50.3 Å². The number of ether oxygens (including phenoxy) is 1. The van der Waals surface area contributed by atoms with Gasteiger partial charge in [-0.1, -0.05) is 26.3 Å². The molecule has 0 aromatic heterocycles. The summed E-state index contributed by atoms with van der Waals surface area (Å²) in [7, 11) is -3.65. The van der Waals surface area contributed by atoms with Gasteiger partial charge in [-0.25, -0.2) is 13.2 Å². The minimum atomic E-state index is -3.65. The lowest BCUT2D eigenvalue weighted by Gasteiger charge is -2.26. The van der Waals surface area contributed by atoms with Gasteiger partial charge in [0.2, 0.25) is 10.0 Å². The second kappa shape index (κ2) is 9.52. The number of amides is 1. The molecule has 0 radical (unpaired) electrons. The molecule has 28 heavy (non-hydrogen) atoms. The molecule has 0 saturated carbocycles. The van der Waals surface area contributed by atoms with Crippen LogP contribution in [0.4, 0.5) is 0 Å². The fourth-order valence-corrected chi connectivity index (χ4v) is 4.45. The maximum atomic E-state index is 12.8. The number of rotatable bonds is 7. The Balaban J connectivity index is 2.10. The van der Waals surface area contributed by atoms with E-state index in [1.807, 2.05) is 20.8 Å². The van der Waals surface area contributed by atoms with Crippen molar-refractivity contribution in [1.82, 2.24) is 9.62 Å². The first-order valence-electron chi connectivity index (χ1n) is 9.70. The van der Waals surface area contributed by atoms with E-state index >= 15 is 0 Å². The van der Waals surface area contributed by atoms with Crippen LogP contribution in [0.2, 0.25) is 0 Å². The maximum absolute atomic E-state index is 12.8. The average Bonchev–Trinajstić information content (AvgIpc) is 2.66. The van der Waals surface area contributed by atoms with Crippen molar-refractivity contribution in [3.05, 3.63) is 29.3 Å². The standard InChI is InChI=1S/C20H30N2O5S/c1-14(2)16(4)21-19(23)13-27-20(24)18-12-17(9-8-15(18)3)28(25,26)22-10-6-5-7-11-22/h8-9,12,14,16H,5-7,10-11,13H2,1-4H3,(H,21,23)/t16-/m0/s1. The number of piperidine rings is 1. The molecule has 0 unspecified atom stereocenters. The summed E-state index contributed by atoms with van der Waals surface area (Å²) in [6.45, 7) is 8.12. The summed E-state index contributed by atoms with van der Waals surface area (Å²) in [6.07, 6.45) is 2.70. The highest BCUT2D eigenvalue weighted by molar-refractivity contribution is 7.89. The van der Waals surface area contributed by atoms with Crippen molar-refractivity contribution >= 4 is 21.9 Å². The molecule has 156 valence electrons. The number of nitrogens with one attached hydrogen (secondary N) is 1. The number of esters is 1. The molecular formula is C20H30N2O5S. The summed E-state index contributed by atoms with van der Waals surface area (Å²) in [6, 6.07) is 4.41. The van der Waals surface area contributed by atoms with Gasteiger partial charge >= 0.3 is 5.97 Å². The fourth-order valence-electron chi connectivity index (χ4n) is 2.91. The molecule has 1 amide bonds. The molecule has 1 saturated heterocycles. The molecule has 0 spiro atoms. The molecular weight excluding hydrogens is 380 g/mol. The Kier molecular flexibility index (Phi) is 7.60. The molecule has 1 fully saturated rings. The normalized spacial score (nSPS) is 16.6. The average molecular weight is 411 g/mol. The van der Waals surface area contributed by atoms with Gasteiger partial charge in [0.15, 0.2) is 6.61 Å². The molecule has 8 heteroatoms. The van der Waals surface area contributed by atoms with E-state index in [1.165, 1.54) is 16.4 Å². The highest BCUT2D eigenvalue weighted by Crippen LogP contribution is 2.23. The second-order valence-electron chi connectivity index (χ2n) is 7.62. The van der Waals surface area contributed by atoms with Gasteiger partial charge in [0.05, 0.1) is 10.5 Å². The van der Waals surface area contributed by atoms with Crippen molar-refractivity contribution in [3.8, 4) is 0 Å². The summed E-state index contributed by atoms with van der Waals surface area (Å²) < 4.78 is 32.2. The van der Waals surface area contributed by atoms with Crippen molar-refractivity contribution in [1.29, 1.82) is 0 Å². The molecule has 0 bridgehead atoms. The number of hydrogen-bond donors (Lipinski definition) is 1. The van der Waals surface area contributed by atoms with E-state index in [0.29, 0.717) is 18.7 Å². The predicted octanol–water partition coefficient (Wildman–Crippen LogP) is 2.49. The van der Waals surface area contributed by atoms with Crippen molar-refractivity contribution in [2.75, 3.05) is 19.7 Å². The molecule has 0 aliphatic carbocycles. The van der Waals surface area contributed by atoms with E-state index in [4.69, 9.17) is 4.74 Å². The lowest BCUT2D eigenvalue weighted by Crippen LogP contribution is -2.38. The zero-order valence-electron chi connectivity index (χ0n) is 17.0. The Labute approximate surface area is 167 Å². The Morgan fingerprint density at radius 2 is 1.79 bits per heavy atom. The van der Waals surface area contributed by atoms with E-state index in [9.17, 15) is 18.0 Å². The van der Waals surface area contributed by atoms with Crippen LogP contribution in [0.3, 0.4) is 0 Å². The van der Waals surface area contributed by atoms with Crippen LogP contribution in [0.1, 0.15) is 56.0 Å². The van der Waals surface area contributed by atoms with Gasteiger partial charge in [-0.3, -0.25) is 4.79 Å². The molecule has 1 atom stereocenters. The first-order chi connectivity index (χ1) is 13.1. The Morgan fingerprint density at radius 1 is 1.14 bits per heavy atom. The van der Waals surface area contributed by atoms with Gasteiger partial charge in [-0.15, -0.1) is 0 Å². The first kappa shape index (κ1) is 22.4. The van der Waals surface area contributed by atoms with Gasteiger partial charge in [0, 0.05) is 19.1 Å². The van der Waals surface area contributed by atoms with Crippen LogP contribution in [0.25, 0.3) is 0 Å². The Morgan fingerprint density at radius 3 is 2.39 bits per heavy atom. The van der Waals surface area contributed by atoms with Crippen LogP contribution < -0.4 is 5.32 Å². The second-order valence-corrected chi connectivity index (χ2v) is 9.56. The number of nitrogens with zero attached hydrogens (tertiary/aromatic N) is 1. The lowest BCUT2D eigenvalue weighted by molar-refractivity contribution is -0.125. The van der Waals surface area contributed by atoms with Crippen molar-refractivity contribution in [3.63, 3.8) is 0 Å². The number of benzene rings is 1. The van der Waals surface area contributed by atoms with Crippen LogP contribution in [0.15, 0.2) is 23.1 Å². The molecule has 1 aromatic rings. The molecule has 1 N–H and O–H groups in total. The zero-order valence-corrected chi connectivity index (χ0v) is 17.8. The monoisotopic (exact) mass is 410 g/mol. The Bertz CT molecular complexity index is 814. The number of carbonyl (C=O) groups excluding carboxylic acids is 2. The van der Waals surface area contributed by atoms with Crippen molar-refractivity contribution < 1.29 is 22.7 Å². The largest absolute Gasteiger partial charge is 0.452 e. The third kappa shape index (κ3) is 5.54. The molecule has 1 aromatic carbocycles. The molecule has 1 heterocycles. The van der Waals surface area contributed by atoms with Crippen LogP contribution in [-0.4, -0.2) is 50.3 Å². The van der Waals surface area contributed by atoms with Gasteiger partial charge in [-0.2, -0.15) is 4.31 Å². The molecule has 1 aliphatic rings. The first-order valence-corrected chi connectivity index (χ1v) is 11.1. The Hall–Kier alpha value is -1.93. The van der Waals surface area contributed by atoms with Crippen LogP contribution in [0.5, 0.6) is 0 Å². The van der Waals surface area contributed by atoms with Gasteiger partial charge in [0.25, 0.3) is 5.91 Å². The maximum Gasteiger partial charge on any atom is 0.338 e. The number of aryl methyl sites for hydroxylation is 1. The van der Waals surface area contributed by atoms with Crippen LogP contribution in [-0.2, 0) is 19.6 Å². The van der Waals surface area contributed by atoms with E-state index in [2.05, 4.69) is 5.32 Å². The third-order valence-corrected chi connectivity index (χ3v) is 7.00. The van der Waals surface area contributed by atoms with E-state index < -0.39 is 22.6 Å². The molecule has 2 rings (SSSR count). The summed E-state index contributed by atoms with van der Waals surface area (Å²) >= 11 is 0. The summed E-state index contributed by atoms with van der Waals surface area (Å²) in [5.41, 5.74) is 0.751. The number of carbonyl (C=O) groups is 2. The topological polar surface area (TPSA) is 92.8 Å². The van der Waals surface area contributed by atoms with Crippen molar-refractivity contribution in [2.45, 2.75) is 57.9 Å². The van der Waals surface area contributed by atoms with Gasteiger partial charge < -0.3 is 10.1 Å². The number of hydrogen-bond acceptors (Lipinski definition) is 5. The SMILES string of the molecule is Cc1ccc(S(=O)(=O)N2CCCCC2)cc1C(=O)OCC(=O)N[C@@H](C)C(C)C. The van der Waals surface area contributed by atoms with Crippen LogP contribution in [0, 0.1) is 12.8 Å². The highest BCUT2D eigenvalue weighted by Gasteiger charge is 2.27. The fraction of sp³-hybridized carbons (Fsp3) is 0.600. The lowest BCUT2D eigenvalue weighted by atomic mass is 10.1. The minimum Gasteiger partial charge on any atom is -0.452 e. The van der Waals surface area contributed by atoms with E-state index in [-0.39, 0.29) is 28.3 Å². The summed E-state index contributed by atoms with van der Waals surface area (Å²) in [4.78, 5) is 24.4. The quantitative estimate of drug-likeness (QED) is 0.697. The molecule has 7 nitrogen and oxygen atoms in total. The zero-order chi connectivity index (χ0) is 20.9. The highest BCUT2D eigenvalue weighted by atomic mass is 32.2. The van der Waals surface area contributed by atoms with E-state index in [0.717, 1.165) is 19.3 Å². The summed E-state index contributed by atoms with van der Waals surface area (Å²) in [5, 5.41) is 2.76. The van der Waals surface area contributed by atoms with E-state index in [1.54, 1.807) is 13.0 Å². The van der Waals surface area contributed by atoms with Gasteiger partial charge in [0.1, 0.15) is 0 Å².